The zero-order valence-corrected chi connectivity index (χ0v) is 23.6. The van der Waals surface area contributed by atoms with Crippen LogP contribution in [-0.4, -0.2) is 34.3 Å². The van der Waals surface area contributed by atoms with Crippen LogP contribution in [0.25, 0.3) is 22.5 Å². The second-order valence-electron chi connectivity index (χ2n) is 9.68. The first-order valence-corrected chi connectivity index (χ1v) is 13.0. The van der Waals surface area contributed by atoms with Crippen molar-refractivity contribution in [2.75, 3.05) is 13.2 Å². The molecule has 0 amide bonds. The Kier molecular flexibility index (Phi) is 7.63. The molecule has 0 saturated heterocycles. The molecule has 0 fully saturated rings. The number of esters is 2. The molecule has 2 heterocycles. The van der Waals surface area contributed by atoms with Gasteiger partial charge in [-0.05, 0) is 114 Å². The molecule has 38 heavy (non-hydrogen) atoms. The van der Waals surface area contributed by atoms with Crippen molar-refractivity contribution in [2.24, 2.45) is 0 Å². The fraction of sp³-hybridized carbons (Fsp3) is 0.312. The summed E-state index contributed by atoms with van der Waals surface area (Å²) in [6.07, 6.45) is 0. The van der Waals surface area contributed by atoms with E-state index in [1.807, 2.05) is 53.7 Å². The average Bonchev–Trinajstić information content (AvgIpc) is 3.33. The van der Waals surface area contributed by atoms with Crippen molar-refractivity contribution < 1.29 is 19.1 Å². The highest BCUT2D eigenvalue weighted by Crippen LogP contribution is 2.31. The van der Waals surface area contributed by atoms with E-state index in [0.717, 1.165) is 56.4 Å². The van der Waals surface area contributed by atoms with E-state index in [-0.39, 0.29) is 11.9 Å². The van der Waals surface area contributed by atoms with Gasteiger partial charge in [0.05, 0.1) is 24.3 Å². The van der Waals surface area contributed by atoms with Gasteiger partial charge in [0.15, 0.2) is 0 Å². The van der Waals surface area contributed by atoms with Crippen molar-refractivity contribution in [3.63, 3.8) is 0 Å². The Labute approximate surface area is 224 Å². The first kappa shape index (κ1) is 27.0. The first-order valence-electron chi connectivity index (χ1n) is 13.0. The molecular formula is C32H36N2O4. The lowest BCUT2D eigenvalue weighted by molar-refractivity contribution is 0.0516. The number of hydrogen-bond donors (Lipinski definition) is 0. The molecule has 0 aliphatic rings. The molecule has 4 aromatic rings. The molecule has 0 N–H and O–H groups in total. The summed E-state index contributed by atoms with van der Waals surface area (Å²) < 4.78 is 14.7. The third-order valence-corrected chi connectivity index (χ3v) is 7.06. The van der Waals surface area contributed by atoms with Gasteiger partial charge in [-0.2, -0.15) is 0 Å². The Balaban J connectivity index is 1.69. The highest BCUT2D eigenvalue weighted by atomic mass is 16.5. The monoisotopic (exact) mass is 512 g/mol. The van der Waals surface area contributed by atoms with Crippen LogP contribution in [0.15, 0.2) is 48.5 Å². The van der Waals surface area contributed by atoms with Gasteiger partial charge in [-0.1, -0.05) is 12.1 Å². The number of ether oxygens (including phenoxy) is 2. The molecule has 0 aliphatic carbocycles. The minimum absolute atomic E-state index is 0.292. The van der Waals surface area contributed by atoms with Gasteiger partial charge in [-0.15, -0.1) is 0 Å². The van der Waals surface area contributed by atoms with E-state index in [1.165, 1.54) is 0 Å². The van der Waals surface area contributed by atoms with Crippen LogP contribution in [0.5, 0.6) is 0 Å². The fourth-order valence-electron chi connectivity index (χ4n) is 5.27. The Morgan fingerprint density at radius 3 is 1.29 bits per heavy atom. The molecule has 0 atom stereocenters. The van der Waals surface area contributed by atoms with Gasteiger partial charge >= 0.3 is 11.9 Å². The number of aromatic nitrogens is 2. The molecular weight excluding hydrogens is 476 g/mol. The molecule has 0 saturated carbocycles. The lowest BCUT2D eigenvalue weighted by Crippen LogP contribution is -2.07. The van der Waals surface area contributed by atoms with E-state index in [4.69, 9.17) is 9.47 Å². The second kappa shape index (κ2) is 10.7. The average molecular weight is 513 g/mol. The van der Waals surface area contributed by atoms with Crippen LogP contribution in [0, 0.1) is 41.5 Å². The van der Waals surface area contributed by atoms with Gasteiger partial charge in [-0.25, -0.2) is 9.59 Å². The molecule has 4 rings (SSSR count). The largest absolute Gasteiger partial charge is 0.462 e. The van der Waals surface area contributed by atoms with Crippen LogP contribution in [0.4, 0.5) is 0 Å². The number of rotatable bonds is 7. The van der Waals surface area contributed by atoms with E-state index in [0.29, 0.717) is 24.3 Å². The maximum Gasteiger partial charge on any atom is 0.339 e. The summed E-state index contributed by atoms with van der Waals surface area (Å²) in [6.45, 7) is 16.4. The van der Waals surface area contributed by atoms with Crippen LogP contribution in [0.2, 0.25) is 0 Å². The molecule has 6 heteroatoms. The van der Waals surface area contributed by atoms with Gasteiger partial charge in [0, 0.05) is 34.2 Å². The van der Waals surface area contributed by atoms with Crippen LogP contribution in [-0.2, 0) is 9.47 Å². The van der Waals surface area contributed by atoms with E-state index in [1.54, 1.807) is 0 Å². The predicted octanol–water partition coefficient (Wildman–Crippen LogP) is 7.14. The smallest absolute Gasteiger partial charge is 0.339 e. The van der Waals surface area contributed by atoms with E-state index in [2.05, 4.69) is 59.4 Å². The molecule has 198 valence electrons. The molecule has 6 nitrogen and oxygen atoms in total. The standard InChI is InChI=1S/C32H36N2O4/c1-9-37-31(35)27-17-21(5)33(23(27)7)29-13-11-25(15-19(29)3)26-12-14-30(20(4)16-26)34-22(6)18-28(24(34)8)32(36)38-10-2/h11-18H,9-10H2,1-8H3. The minimum atomic E-state index is -0.292. The van der Waals surface area contributed by atoms with Crippen molar-refractivity contribution in [1.29, 1.82) is 0 Å². The zero-order valence-electron chi connectivity index (χ0n) is 23.6. The Morgan fingerprint density at radius 1 is 0.605 bits per heavy atom. The predicted molar refractivity (Wildman–Crippen MR) is 151 cm³/mol. The van der Waals surface area contributed by atoms with E-state index < -0.39 is 0 Å². The Bertz CT molecular complexity index is 1420. The Hall–Kier alpha value is -4.06. The zero-order chi connectivity index (χ0) is 27.7. The number of aryl methyl sites for hydroxylation is 4. The van der Waals surface area contributed by atoms with Crippen molar-refractivity contribution in [2.45, 2.75) is 55.4 Å². The Morgan fingerprint density at radius 2 is 0.974 bits per heavy atom. The quantitative estimate of drug-likeness (QED) is 0.247. The summed E-state index contributed by atoms with van der Waals surface area (Å²) in [5, 5.41) is 0. The number of nitrogens with zero attached hydrogens (tertiary/aromatic N) is 2. The number of carbonyl (C=O) groups excluding carboxylic acids is 2. The van der Waals surface area contributed by atoms with Crippen LogP contribution >= 0.6 is 0 Å². The van der Waals surface area contributed by atoms with Gasteiger partial charge < -0.3 is 18.6 Å². The lowest BCUT2D eigenvalue weighted by Gasteiger charge is -2.16. The van der Waals surface area contributed by atoms with E-state index >= 15 is 0 Å². The molecule has 2 aromatic carbocycles. The van der Waals surface area contributed by atoms with Crippen molar-refractivity contribution in [3.05, 3.63) is 93.6 Å². The SMILES string of the molecule is CCOC(=O)c1cc(C)n(-c2ccc(-c3ccc(-n4c(C)cc(C(=O)OCC)c4C)c(C)c3)cc2C)c1C. The van der Waals surface area contributed by atoms with Gasteiger partial charge in [0.2, 0.25) is 0 Å². The summed E-state index contributed by atoms with van der Waals surface area (Å²) in [5.41, 5.74) is 11.4. The molecule has 0 unspecified atom stereocenters. The van der Waals surface area contributed by atoms with Crippen molar-refractivity contribution in [3.8, 4) is 22.5 Å². The third-order valence-electron chi connectivity index (χ3n) is 7.06. The third kappa shape index (κ3) is 4.78. The summed E-state index contributed by atoms with van der Waals surface area (Å²) >= 11 is 0. The fourth-order valence-corrected chi connectivity index (χ4v) is 5.27. The number of carbonyl (C=O) groups is 2. The summed E-state index contributed by atoms with van der Waals surface area (Å²) in [5.74, 6) is -0.585. The number of benzene rings is 2. The molecule has 0 spiro atoms. The van der Waals surface area contributed by atoms with Crippen molar-refractivity contribution >= 4 is 11.9 Å². The normalized spacial score (nSPS) is 11.1. The highest BCUT2D eigenvalue weighted by Gasteiger charge is 2.20. The molecule has 0 radical (unpaired) electrons. The summed E-state index contributed by atoms with van der Waals surface area (Å²) in [4.78, 5) is 24.8. The van der Waals surface area contributed by atoms with Crippen LogP contribution < -0.4 is 0 Å². The molecule has 2 aromatic heterocycles. The van der Waals surface area contributed by atoms with Crippen molar-refractivity contribution in [1.82, 2.24) is 9.13 Å². The highest BCUT2D eigenvalue weighted by molar-refractivity contribution is 5.92. The van der Waals surface area contributed by atoms with Gasteiger partial charge in [0.25, 0.3) is 0 Å². The number of hydrogen-bond acceptors (Lipinski definition) is 4. The molecule has 0 aliphatic heterocycles. The summed E-state index contributed by atoms with van der Waals surface area (Å²) in [6, 6.07) is 16.6. The maximum atomic E-state index is 12.4. The van der Waals surface area contributed by atoms with E-state index in [9.17, 15) is 9.59 Å². The second-order valence-corrected chi connectivity index (χ2v) is 9.68. The van der Waals surface area contributed by atoms with Crippen LogP contribution in [0.1, 0.15) is 68.5 Å². The van der Waals surface area contributed by atoms with Gasteiger partial charge in [0.1, 0.15) is 0 Å². The summed E-state index contributed by atoms with van der Waals surface area (Å²) in [7, 11) is 0. The topological polar surface area (TPSA) is 62.5 Å². The maximum absolute atomic E-state index is 12.4. The van der Waals surface area contributed by atoms with Crippen LogP contribution in [0.3, 0.4) is 0 Å². The molecule has 0 bridgehead atoms. The first-order chi connectivity index (χ1) is 18.1. The van der Waals surface area contributed by atoms with Gasteiger partial charge in [-0.3, -0.25) is 0 Å². The minimum Gasteiger partial charge on any atom is -0.462 e. The lowest BCUT2D eigenvalue weighted by atomic mass is 9.99.